The second-order valence-corrected chi connectivity index (χ2v) is 3.18. The Morgan fingerprint density at radius 3 is 2.58 bits per heavy atom. The first-order valence-electron chi connectivity index (χ1n) is 4.49. The zero-order valence-electron chi connectivity index (χ0n) is 7.29. The molecular formula is C10H15O2. The van der Waals surface area contributed by atoms with E-state index in [4.69, 9.17) is 4.74 Å². The molecule has 1 radical (unpaired) electrons. The van der Waals surface area contributed by atoms with E-state index in [1.807, 2.05) is 0 Å². The van der Waals surface area contributed by atoms with E-state index in [1.54, 1.807) is 6.61 Å². The van der Waals surface area contributed by atoms with Crippen LogP contribution in [0.2, 0.25) is 0 Å². The summed E-state index contributed by atoms with van der Waals surface area (Å²) in [6, 6.07) is 0. The third kappa shape index (κ3) is 3.07. The number of hydrogen-bond acceptors (Lipinski definition) is 2. The molecule has 0 saturated heterocycles. The molecule has 0 heterocycles. The lowest BCUT2D eigenvalue weighted by molar-refractivity contribution is -0.135. The van der Waals surface area contributed by atoms with Gasteiger partial charge in [0.05, 0.1) is 0 Å². The summed E-state index contributed by atoms with van der Waals surface area (Å²) in [4.78, 5) is 10.7. The maximum absolute atomic E-state index is 10.7. The molecule has 0 amide bonds. The maximum atomic E-state index is 10.7. The molecule has 0 atom stereocenters. The highest BCUT2D eigenvalue weighted by atomic mass is 16.5. The van der Waals surface area contributed by atoms with Gasteiger partial charge < -0.3 is 4.74 Å². The molecule has 0 N–H and O–H groups in total. The first-order valence-corrected chi connectivity index (χ1v) is 4.49. The van der Waals surface area contributed by atoms with Gasteiger partial charge in [0, 0.05) is 6.08 Å². The van der Waals surface area contributed by atoms with Crippen molar-refractivity contribution in [2.24, 2.45) is 5.92 Å². The number of carbonyl (C=O) groups excluding carboxylic acids is 1. The second kappa shape index (κ2) is 4.96. The molecule has 0 aromatic rings. The van der Waals surface area contributed by atoms with E-state index >= 15 is 0 Å². The Morgan fingerprint density at radius 1 is 1.33 bits per heavy atom. The van der Waals surface area contributed by atoms with Gasteiger partial charge in [-0.2, -0.15) is 0 Å². The van der Waals surface area contributed by atoms with Crippen molar-refractivity contribution in [2.75, 3.05) is 0 Å². The van der Waals surface area contributed by atoms with Gasteiger partial charge in [-0.1, -0.05) is 25.8 Å². The SMILES string of the molecule is C=CC(=O)O[CH]C1CCCCC1. The molecule has 1 fully saturated rings. The summed E-state index contributed by atoms with van der Waals surface area (Å²) >= 11 is 0. The van der Waals surface area contributed by atoms with Crippen molar-refractivity contribution in [3.8, 4) is 0 Å². The Labute approximate surface area is 73.6 Å². The van der Waals surface area contributed by atoms with E-state index in [9.17, 15) is 4.79 Å². The fraction of sp³-hybridized carbons (Fsp3) is 0.600. The summed E-state index contributed by atoms with van der Waals surface area (Å²) in [5.74, 6) is 0.128. The van der Waals surface area contributed by atoms with Crippen LogP contribution in [0.3, 0.4) is 0 Å². The van der Waals surface area contributed by atoms with Gasteiger partial charge >= 0.3 is 5.97 Å². The number of rotatable bonds is 3. The number of ether oxygens (including phenoxy) is 1. The fourth-order valence-electron chi connectivity index (χ4n) is 1.48. The highest BCUT2D eigenvalue weighted by Gasteiger charge is 2.15. The van der Waals surface area contributed by atoms with Crippen molar-refractivity contribution >= 4 is 5.97 Å². The first-order chi connectivity index (χ1) is 5.83. The standard InChI is InChI=1S/C10H15O2/c1-2-10(11)12-8-9-6-4-3-5-7-9/h2,8-9H,1,3-7H2. The Bertz CT molecular complexity index is 157. The third-order valence-electron chi connectivity index (χ3n) is 2.19. The van der Waals surface area contributed by atoms with Gasteiger partial charge in [0.1, 0.15) is 6.61 Å². The van der Waals surface area contributed by atoms with Crippen LogP contribution < -0.4 is 0 Å². The van der Waals surface area contributed by atoms with Gasteiger partial charge in [0.15, 0.2) is 0 Å². The van der Waals surface area contributed by atoms with E-state index in [-0.39, 0.29) is 5.97 Å². The van der Waals surface area contributed by atoms with Crippen LogP contribution in [0.5, 0.6) is 0 Å². The molecule has 67 valence electrons. The molecule has 1 rings (SSSR count). The summed E-state index contributed by atoms with van der Waals surface area (Å²) in [7, 11) is 0. The van der Waals surface area contributed by atoms with Crippen LogP contribution in [-0.4, -0.2) is 5.97 Å². The Kier molecular flexibility index (Phi) is 3.85. The van der Waals surface area contributed by atoms with Gasteiger partial charge in [0.2, 0.25) is 0 Å². The van der Waals surface area contributed by atoms with E-state index in [0.717, 1.165) is 12.8 Å². The summed E-state index contributed by atoms with van der Waals surface area (Å²) in [6.45, 7) is 5.00. The smallest absolute Gasteiger partial charge is 0.330 e. The van der Waals surface area contributed by atoms with Crippen LogP contribution in [-0.2, 0) is 9.53 Å². The summed E-state index contributed by atoms with van der Waals surface area (Å²) in [6.07, 6.45) is 7.34. The van der Waals surface area contributed by atoms with Crippen molar-refractivity contribution < 1.29 is 9.53 Å². The molecule has 0 aromatic carbocycles. The predicted molar refractivity (Wildman–Crippen MR) is 47.2 cm³/mol. The molecule has 2 heteroatoms. The lowest BCUT2D eigenvalue weighted by Crippen LogP contribution is -2.10. The summed E-state index contributed by atoms with van der Waals surface area (Å²) in [5, 5.41) is 0. The second-order valence-electron chi connectivity index (χ2n) is 3.18. The number of hydrogen-bond donors (Lipinski definition) is 0. The topological polar surface area (TPSA) is 26.3 Å². The van der Waals surface area contributed by atoms with Gasteiger partial charge in [0.25, 0.3) is 0 Å². The van der Waals surface area contributed by atoms with Crippen molar-refractivity contribution in [3.63, 3.8) is 0 Å². The van der Waals surface area contributed by atoms with Crippen molar-refractivity contribution in [1.82, 2.24) is 0 Å². The quantitative estimate of drug-likeness (QED) is 0.476. The van der Waals surface area contributed by atoms with Crippen molar-refractivity contribution in [1.29, 1.82) is 0 Å². The van der Waals surface area contributed by atoms with Gasteiger partial charge in [-0.25, -0.2) is 4.79 Å². The monoisotopic (exact) mass is 167 g/mol. The Morgan fingerprint density at radius 2 is 2.00 bits per heavy atom. The zero-order valence-corrected chi connectivity index (χ0v) is 7.29. The molecule has 0 unspecified atom stereocenters. The maximum Gasteiger partial charge on any atom is 0.330 e. The molecule has 0 aromatic heterocycles. The predicted octanol–water partition coefficient (Wildman–Crippen LogP) is 2.46. The Hall–Kier alpha value is -0.790. The molecule has 1 aliphatic carbocycles. The molecular weight excluding hydrogens is 152 g/mol. The largest absolute Gasteiger partial charge is 0.455 e. The lowest BCUT2D eigenvalue weighted by Gasteiger charge is -2.19. The minimum absolute atomic E-state index is 0.347. The fourth-order valence-corrected chi connectivity index (χ4v) is 1.48. The van der Waals surface area contributed by atoms with Crippen LogP contribution in [0.1, 0.15) is 32.1 Å². The van der Waals surface area contributed by atoms with Crippen LogP contribution in [0.25, 0.3) is 0 Å². The van der Waals surface area contributed by atoms with E-state index in [0.29, 0.717) is 5.92 Å². The summed E-state index contributed by atoms with van der Waals surface area (Å²) < 4.78 is 4.85. The summed E-state index contributed by atoms with van der Waals surface area (Å²) in [5.41, 5.74) is 0. The molecule has 0 aliphatic heterocycles. The molecule has 1 aliphatic rings. The minimum atomic E-state index is -0.347. The highest BCUT2D eigenvalue weighted by molar-refractivity contribution is 5.81. The van der Waals surface area contributed by atoms with Gasteiger partial charge in [-0.3, -0.25) is 0 Å². The van der Waals surface area contributed by atoms with E-state index < -0.39 is 0 Å². The van der Waals surface area contributed by atoms with Crippen molar-refractivity contribution in [2.45, 2.75) is 32.1 Å². The van der Waals surface area contributed by atoms with Gasteiger partial charge in [-0.15, -0.1) is 0 Å². The zero-order chi connectivity index (χ0) is 8.81. The Balaban J connectivity index is 2.12. The molecule has 1 saturated carbocycles. The molecule has 2 nitrogen and oxygen atoms in total. The number of carbonyl (C=O) groups is 1. The van der Waals surface area contributed by atoms with Crippen LogP contribution in [0.4, 0.5) is 0 Å². The first kappa shape index (κ1) is 9.30. The average molecular weight is 167 g/mol. The van der Waals surface area contributed by atoms with Crippen molar-refractivity contribution in [3.05, 3.63) is 19.3 Å². The lowest BCUT2D eigenvalue weighted by atomic mass is 9.90. The van der Waals surface area contributed by atoms with E-state index in [1.165, 1.54) is 25.3 Å². The number of esters is 1. The average Bonchev–Trinajstić information content (AvgIpc) is 2.16. The normalized spacial score (nSPS) is 18.7. The minimum Gasteiger partial charge on any atom is -0.455 e. The van der Waals surface area contributed by atoms with E-state index in [2.05, 4.69) is 6.58 Å². The molecule has 12 heavy (non-hydrogen) atoms. The highest BCUT2D eigenvalue weighted by Crippen LogP contribution is 2.25. The van der Waals surface area contributed by atoms with Crippen LogP contribution in [0, 0.1) is 12.5 Å². The molecule has 0 spiro atoms. The molecule has 0 bridgehead atoms. The van der Waals surface area contributed by atoms with Crippen LogP contribution in [0.15, 0.2) is 12.7 Å². The third-order valence-corrected chi connectivity index (χ3v) is 2.19. The van der Waals surface area contributed by atoms with Gasteiger partial charge in [-0.05, 0) is 18.8 Å². The van der Waals surface area contributed by atoms with Crippen LogP contribution >= 0.6 is 0 Å².